The highest BCUT2D eigenvalue weighted by Gasteiger charge is 2.11. The second-order valence-corrected chi connectivity index (χ2v) is 5.14. The lowest BCUT2D eigenvalue weighted by Gasteiger charge is -2.06. The third-order valence-electron chi connectivity index (χ3n) is 2.51. The minimum atomic E-state index is -0.305. The summed E-state index contributed by atoms with van der Waals surface area (Å²) in [6, 6.07) is 4.89. The Morgan fingerprint density at radius 1 is 1.48 bits per heavy atom. The molecule has 1 aromatic heterocycles. The molecule has 21 heavy (non-hydrogen) atoms. The molecule has 2 rings (SSSR count). The van der Waals surface area contributed by atoms with E-state index < -0.39 is 0 Å². The normalized spacial score (nSPS) is 9.67. The van der Waals surface area contributed by atoms with E-state index in [2.05, 4.69) is 27.4 Å². The summed E-state index contributed by atoms with van der Waals surface area (Å²) in [5, 5.41) is 20.3. The number of anilines is 1. The molecule has 0 saturated heterocycles. The van der Waals surface area contributed by atoms with Crippen LogP contribution in [-0.2, 0) is 0 Å². The van der Waals surface area contributed by atoms with Gasteiger partial charge in [-0.1, -0.05) is 23.2 Å². The Hall–Kier alpha value is -2.43. The molecule has 1 aromatic carbocycles. The summed E-state index contributed by atoms with van der Waals surface area (Å²) in [5.41, 5.74) is 0.957. The van der Waals surface area contributed by atoms with Crippen molar-refractivity contribution in [1.82, 2.24) is 10.2 Å². The van der Waals surface area contributed by atoms with E-state index in [9.17, 15) is 4.79 Å². The number of carbonyl (C=O) groups is 1. The molecule has 0 bridgehead atoms. The van der Waals surface area contributed by atoms with Gasteiger partial charge in [0.05, 0.1) is 12.7 Å². The summed E-state index contributed by atoms with van der Waals surface area (Å²) in [7, 11) is 1.52. The van der Waals surface area contributed by atoms with Crippen LogP contribution in [0.15, 0.2) is 18.2 Å². The van der Waals surface area contributed by atoms with Gasteiger partial charge in [-0.05, 0) is 25.1 Å². The SMILES string of the molecule is COc1ccc(C(=O)Nc2nnc(C)s2)cc1C#CCO. The Kier molecular flexibility index (Phi) is 4.87. The predicted molar refractivity (Wildman–Crippen MR) is 79.6 cm³/mol. The molecule has 0 radical (unpaired) electrons. The topological polar surface area (TPSA) is 84.3 Å². The molecule has 0 spiro atoms. The Labute approximate surface area is 125 Å². The summed E-state index contributed by atoms with van der Waals surface area (Å²) in [5.74, 6) is 5.51. The van der Waals surface area contributed by atoms with Crippen LogP contribution < -0.4 is 10.1 Å². The molecule has 0 aliphatic rings. The van der Waals surface area contributed by atoms with Gasteiger partial charge in [0.25, 0.3) is 5.91 Å². The molecular formula is C14H13N3O3S. The summed E-state index contributed by atoms with van der Waals surface area (Å²) in [4.78, 5) is 12.1. The molecule has 6 nitrogen and oxygen atoms in total. The number of ether oxygens (including phenoxy) is 1. The lowest BCUT2D eigenvalue weighted by molar-refractivity contribution is 0.102. The van der Waals surface area contributed by atoms with Gasteiger partial charge in [-0.25, -0.2) is 0 Å². The lowest BCUT2D eigenvalue weighted by atomic mass is 10.1. The van der Waals surface area contributed by atoms with Crippen LogP contribution >= 0.6 is 11.3 Å². The van der Waals surface area contributed by atoms with Crippen molar-refractivity contribution in [2.75, 3.05) is 19.0 Å². The number of hydrogen-bond donors (Lipinski definition) is 2. The van der Waals surface area contributed by atoms with Crippen LogP contribution in [0, 0.1) is 18.8 Å². The lowest BCUT2D eigenvalue weighted by Crippen LogP contribution is -2.12. The van der Waals surface area contributed by atoms with Crippen molar-refractivity contribution in [3.8, 4) is 17.6 Å². The van der Waals surface area contributed by atoms with Crippen LogP contribution in [-0.4, -0.2) is 34.9 Å². The van der Waals surface area contributed by atoms with Gasteiger partial charge in [0, 0.05) is 5.56 Å². The number of aliphatic hydroxyl groups excluding tert-OH is 1. The number of benzene rings is 1. The van der Waals surface area contributed by atoms with Crippen LogP contribution in [0.1, 0.15) is 20.9 Å². The van der Waals surface area contributed by atoms with Gasteiger partial charge >= 0.3 is 0 Å². The molecule has 108 valence electrons. The number of hydrogen-bond acceptors (Lipinski definition) is 6. The van der Waals surface area contributed by atoms with Gasteiger partial charge in [0.2, 0.25) is 5.13 Å². The Bertz CT molecular complexity index is 716. The highest BCUT2D eigenvalue weighted by Crippen LogP contribution is 2.20. The summed E-state index contributed by atoms with van der Waals surface area (Å²) in [6.07, 6.45) is 0. The van der Waals surface area contributed by atoms with Crippen LogP contribution in [0.25, 0.3) is 0 Å². The van der Waals surface area contributed by atoms with Crippen molar-refractivity contribution < 1.29 is 14.6 Å². The van der Waals surface area contributed by atoms with Crippen molar-refractivity contribution in [2.45, 2.75) is 6.92 Å². The highest BCUT2D eigenvalue weighted by atomic mass is 32.1. The molecule has 1 amide bonds. The average molecular weight is 303 g/mol. The first-order chi connectivity index (χ1) is 10.1. The van der Waals surface area contributed by atoms with Crippen molar-refractivity contribution in [2.24, 2.45) is 0 Å². The smallest absolute Gasteiger partial charge is 0.257 e. The maximum absolute atomic E-state index is 12.1. The first-order valence-corrected chi connectivity index (χ1v) is 6.85. The van der Waals surface area contributed by atoms with E-state index in [4.69, 9.17) is 9.84 Å². The van der Waals surface area contributed by atoms with Gasteiger partial charge < -0.3 is 9.84 Å². The molecule has 2 N–H and O–H groups in total. The number of rotatable bonds is 3. The minimum absolute atomic E-state index is 0.260. The highest BCUT2D eigenvalue weighted by molar-refractivity contribution is 7.15. The third-order valence-corrected chi connectivity index (χ3v) is 3.26. The van der Waals surface area contributed by atoms with Crippen molar-refractivity contribution in [3.63, 3.8) is 0 Å². The molecule has 0 aliphatic heterocycles. The standard InChI is InChI=1S/C14H13N3O3S/c1-9-16-17-14(21-9)15-13(19)11-5-6-12(20-2)10(8-11)4-3-7-18/h5-6,8,18H,7H2,1-2H3,(H,15,17,19). The summed E-state index contributed by atoms with van der Waals surface area (Å²) in [6.45, 7) is 1.55. The van der Waals surface area contributed by atoms with Crippen LogP contribution in [0.4, 0.5) is 5.13 Å². The molecule has 0 unspecified atom stereocenters. The maximum Gasteiger partial charge on any atom is 0.257 e. The molecule has 7 heteroatoms. The Morgan fingerprint density at radius 2 is 2.29 bits per heavy atom. The van der Waals surface area contributed by atoms with Crippen LogP contribution in [0.2, 0.25) is 0 Å². The van der Waals surface area contributed by atoms with Crippen molar-refractivity contribution in [3.05, 3.63) is 34.3 Å². The summed E-state index contributed by atoms with van der Waals surface area (Å²) >= 11 is 1.30. The molecule has 2 aromatic rings. The molecule has 0 fully saturated rings. The van der Waals surface area contributed by atoms with Gasteiger partial charge in [0.15, 0.2) is 0 Å². The van der Waals surface area contributed by atoms with Crippen LogP contribution in [0.5, 0.6) is 5.75 Å². The Balaban J connectivity index is 2.24. The van der Waals surface area contributed by atoms with E-state index in [0.29, 0.717) is 22.0 Å². The molecule has 0 aliphatic carbocycles. The zero-order chi connectivity index (χ0) is 15.2. The van der Waals surface area contributed by atoms with Gasteiger partial charge in [-0.15, -0.1) is 10.2 Å². The molecule has 0 saturated carbocycles. The second kappa shape index (κ2) is 6.83. The number of amides is 1. The maximum atomic E-state index is 12.1. The Morgan fingerprint density at radius 3 is 2.90 bits per heavy atom. The average Bonchev–Trinajstić information content (AvgIpc) is 2.89. The van der Waals surface area contributed by atoms with Gasteiger partial charge in [-0.2, -0.15) is 0 Å². The van der Waals surface area contributed by atoms with E-state index >= 15 is 0 Å². The van der Waals surface area contributed by atoms with Crippen LogP contribution in [0.3, 0.4) is 0 Å². The molecule has 0 atom stereocenters. The number of nitrogens with zero attached hydrogens (tertiary/aromatic N) is 2. The van der Waals surface area contributed by atoms with E-state index in [1.165, 1.54) is 18.4 Å². The van der Waals surface area contributed by atoms with Gasteiger partial charge in [-0.3, -0.25) is 10.1 Å². The number of carbonyl (C=O) groups excluding carboxylic acids is 1. The van der Waals surface area contributed by atoms with E-state index in [1.54, 1.807) is 18.2 Å². The number of aliphatic hydroxyl groups is 1. The first-order valence-electron chi connectivity index (χ1n) is 6.03. The molecule has 1 heterocycles. The largest absolute Gasteiger partial charge is 0.495 e. The number of nitrogens with one attached hydrogen (secondary N) is 1. The fraction of sp³-hybridized carbons (Fsp3) is 0.214. The molecular weight excluding hydrogens is 290 g/mol. The predicted octanol–water partition coefficient (Wildman–Crippen LogP) is 1.45. The fourth-order valence-corrected chi connectivity index (χ4v) is 2.18. The zero-order valence-corrected chi connectivity index (χ0v) is 12.3. The van der Waals surface area contributed by atoms with Crippen molar-refractivity contribution >= 4 is 22.4 Å². The number of methoxy groups -OCH3 is 1. The summed E-state index contributed by atoms with van der Waals surface area (Å²) < 4.78 is 5.16. The monoisotopic (exact) mass is 303 g/mol. The number of aromatic nitrogens is 2. The third kappa shape index (κ3) is 3.78. The first kappa shape index (κ1) is 15.0. The van der Waals surface area contributed by atoms with E-state index in [0.717, 1.165) is 5.01 Å². The van der Waals surface area contributed by atoms with Gasteiger partial charge in [0.1, 0.15) is 17.4 Å². The van der Waals surface area contributed by atoms with E-state index in [1.807, 2.05) is 6.92 Å². The van der Waals surface area contributed by atoms with Crippen molar-refractivity contribution in [1.29, 1.82) is 0 Å². The number of aryl methyl sites for hydroxylation is 1. The second-order valence-electron chi connectivity index (χ2n) is 3.96. The quantitative estimate of drug-likeness (QED) is 0.838. The minimum Gasteiger partial charge on any atom is -0.495 e. The fourth-order valence-electron chi connectivity index (χ4n) is 1.60. The van der Waals surface area contributed by atoms with E-state index in [-0.39, 0.29) is 12.5 Å². The zero-order valence-electron chi connectivity index (χ0n) is 11.5.